The van der Waals surface area contributed by atoms with E-state index in [-0.39, 0.29) is 23.1 Å². The SMILES string of the molecule is CC(C)c1cc(C(=O)N2CCC3(CCCN(CC4CCC4)C3=O)C2)on1. The number of hydrogen-bond donors (Lipinski definition) is 0. The van der Waals surface area contributed by atoms with E-state index in [1.165, 1.54) is 19.3 Å². The van der Waals surface area contributed by atoms with Crippen LogP contribution in [0.4, 0.5) is 0 Å². The van der Waals surface area contributed by atoms with Gasteiger partial charge in [0.05, 0.1) is 11.1 Å². The van der Waals surface area contributed by atoms with E-state index in [1.807, 2.05) is 13.8 Å². The zero-order valence-electron chi connectivity index (χ0n) is 15.9. The lowest BCUT2D eigenvalue weighted by atomic mass is 9.77. The fraction of sp³-hybridized carbons (Fsp3) is 0.750. The zero-order valence-corrected chi connectivity index (χ0v) is 15.9. The third kappa shape index (κ3) is 3.03. The molecule has 2 amide bonds. The van der Waals surface area contributed by atoms with Crippen LogP contribution < -0.4 is 0 Å². The summed E-state index contributed by atoms with van der Waals surface area (Å²) in [4.78, 5) is 29.8. The van der Waals surface area contributed by atoms with Crippen LogP contribution in [0.15, 0.2) is 10.6 Å². The topological polar surface area (TPSA) is 66.7 Å². The van der Waals surface area contributed by atoms with Crippen LogP contribution >= 0.6 is 0 Å². The molecular weight excluding hydrogens is 330 g/mol. The van der Waals surface area contributed by atoms with Crippen LogP contribution in [0.1, 0.15) is 74.5 Å². The Morgan fingerprint density at radius 1 is 1.31 bits per heavy atom. The maximum atomic E-state index is 13.2. The van der Waals surface area contributed by atoms with E-state index < -0.39 is 0 Å². The molecule has 1 aromatic rings. The molecule has 1 aromatic heterocycles. The zero-order chi connectivity index (χ0) is 18.3. The van der Waals surface area contributed by atoms with Crippen molar-refractivity contribution in [3.63, 3.8) is 0 Å². The van der Waals surface area contributed by atoms with E-state index in [0.29, 0.717) is 24.8 Å². The predicted octanol–water partition coefficient (Wildman–Crippen LogP) is 3.05. The summed E-state index contributed by atoms with van der Waals surface area (Å²) in [6.07, 6.45) is 6.51. The lowest BCUT2D eigenvalue weighted by Crippen LogP contribution is -2.52. The molecule has 1 aliphatic carbocycles. The molecule has 0 aromatic carbocycles. The van der Waals surface area contributed by atoms with E-state index in [1.54, 1.807) is 11.0 Å². The first-order valence-corrected chi connectivity index (χ1v) is 10.0. The second-order valence-electron chi connectivity index (χ2n) is 8.68. The summed E-state index contributed by atoms with van der Waals surface area (Å²) in [5.74, 6) is 1.35. The van der Waals surface area contributed by atoms with Gasteiger partial charge < -0.3 is 14.3 Å². The molecule has 3 aliphatic rings. The quantitative estimate of drug-likeness (QED) is 0.829. The van der Waals surface area contributed by atoms with Gasteiger partial charge in [-0.3, -0.25) is 9.59 Å². The Kier molecular flexibility index (Phi) is 4.53. The van der Waals surface area contributed by atoms with Gasteiger partial charge in [0.2, 0.25) is 11.7 Å². The average molecular weight is 359 g/mol. The van der Waals surface area contributed by atoms with E-state index in [4.69, 9.17) is 4.52 Å². The first kappa shape index (κ1) is 17.6. The molecule has 1 saturated carbocycles. The summed E-state index contributed by atoms with van der Waals surface area (Å²) >= 11 is 0. The predicted molar refractivity (Wildman–Crippen MR) is 96.7 cm³/mol. The fourth-order valence-corrected chi connectivity index (χ4v) is 4.56. The molecule has 3 heterocycles. The number of piperidine rings is 1. The second-order valence-corrected chi connectivity index (χ2v) is 8.68. The molecule has 3 fully saturated rings. The van der Waals surface area contributed by atoms with E-state index >= 15 is 0 Å². The molecule has 2 saturated heterocycles. The van der Waals surface area contributed by atoms with Gasteiger partial charge in [-0.15, -0.1) is 0 Å². The van der Waals surface area contributed by atoms with Crippen molar-refractivity contribution in [2.75, 3.05) is 26.2 Å². The first-order chi connectivity index (χ1) is 12.5. The molecule has 26 heavy (non-hydrogen) atoms. The van der Waals surface area contributed by atoms with Gasteiger partial charge in [-0.05, 0) is 43.9 Å². The lowest BCUT2D eigenvalue weighted by Gasteiger charge is -2.42. The van der Waals surface area contributed by atoms with Gasteiger partial charge in [0.1, 0.15) is 0 Å². The molecule has 0 radical (unpaired) electrons. The molecule has 1 spiro atoms. The summed E-state index contributed by atoms with van der Waals surface area (Å²) in [7, 11) is 0. The van der Waals surface area contributed by atoms with Crippen molar-refractivity contribution in [3.05, 3.63) is 17.5 Å². The van der Waals surface area contributed by atoms with Gasteiger partial charge >= 0.3 is 0 Å². The van der Waals surface area contributed by atoms with Gasteiger partial charge in [0, 0.05) is 32.2 Å². The Balaban J connectivity index is 1.44. The number of rotatable bonds is 4. The Bertz CT molecular complexity index is 694. The number of carbonyl (C=O) groups excluding carboxylic acids is 2. The number of nitrogens with zero attached hydrogens (tertiary/aromatic N) is 3. The third-order valence-electron chi connectivity index (χ3n) is 6.50. The summed E-state index contributed by atoms with van der Waals surface area (Å²) in [6.45, 7) is 6.98. The largest absolute Gasteiger partial charge is 0.351 e. The summed E-state index contributed by atoms with van der Waals surface area (Å²) < 4.78 is 5.26. The summed E-state index contributed by atoms with van der Waals surface area (Å²) in [5.41, 5.74) is 0.418. The normalized spacial score (nSPS) is 26.8. The Morgan fingerprint density at radius 2 is 2.12 bits per heavy atom. The van der Waals surface area contributed by atoms with Crippen molar-refractivity contribution in [1.29, 1.82) is 0 Å². The number of carbonyl (C=O) groups is 2. The molecule has 0 bridgehead atoms. The Morgan fingerprint density at radius 3 is 2.77 bits per heavy atom. The van der Waals surface area contributed by atoms with Crippen LogP contribution in [0.3, 0.4) is 0 Å². The minimum Gasteiger partial charge on any atom is -0.351 e. The Labute approximate surface area is 154 Å². The van der Waals surface area contributed by atoms with Gasteiger partial charge in [-0.25, -0.2) is 0 Å². The highest BCUT2D eigenvalue weighted by Gasteiger charge is 2.50. The van der Waals surface area contributed by atoms with Gasteiger partial charge in [0.25, 0.3) is 5.91 Å². The van der Waals surface area contributed by atoms with Crippen LogP contribution in [0.2, 0.25) is 0 Å². The highest BCUT2D eigenvalue weighted by atomic mass is 16.5. The van der Waals surface area contributed by atoms with Crippen molar-refractivity contribution >= 4 is 11.8 Å². The van der Waals surface area contributed by atoms with Crippen molar-refractivity contribution in [2.24, 2.45) is 11.3 Å². The number of aromatic nitrogens is 1. The molecule has 2 aliphatic heterocycles. The van der Waals surface area contributed by atoms with Crippen molar-refractivity contribution in [2.45, 2.75) is 58.3 Å². The van der Waals surface area contributed by atoms with Crippen LogP contribution in [-0.2, 0) is 4.79 Å². The first-order valence-electron chi connectivity index (χ1n) is 10.0. The molecule has 4 rings (SSSR count). The van der Waals surface area contributed by atoms with Crippen molar-refractivity contribution in [3.8, 4) is 0 Å². The minimum atomic E-state index is -0.376. The smallest absolute Gasteiger partial charge is 0.292 e. The van der Waals surface area contributed by atoms with Gasteiger partial charge in [-0.1, -0.05) is 25.4 Å². The van der Waals surface area contributed by atoms with Crippen LogP contribution in [0.5, 0.6) is 0 Å². The second kappa shape index (κ2) is 6.71. The molecule has 0 N–H and O–H groups in total. The van der Waals surface area contributed by atoms with Gasteiger partial charge in [0.15, 0.2) is 0 Å². The van der Waals surface area contributed by atoms with E-state index in [9.17, 15) is 9.59 Å². The van der Waals surface area contributed by atoms with Crippen molar-refractivity contribution < 1.29 is 14.1 Å². The van der Waals surface area contributed by atoms with Crippen molar-refractivity contribution in [1.82, 2.24) is 15.0 Å². The third-order valence-corrected chi connectivity index (χ3v) is 6.50. The monoisotopic (exact) mass is 359 g/mol. The maximum Gasteiger partial charge on any atom is 0.292 e. The summed E-state index contributed by atoms with van der Waals surface area (Å²) in [6, 6.07) is 1.74. The minimum absolute atomic E-state index is 0.134. The molecule has 6 nitrogen and oxygen atoms in total. The van der Waals surface area contributed by atoms with Gasteiger partial charge in [-0.2, -0.15) is 0 Å². The molecule has 1 atom stereocenters. The lowest BCUT2D eigenvalue weighted by molar-refractivity contribution is -0.146. The molecule has 142 valence electrons. The number of amides is 2. The molecule has 6 heteroatoms. The van der Waals surface area contributed by atoms with E-state index in [0.717, 1.165) is 38.0 Å². The van der Waals surface area contributed by atoms with Crippen LogP contribution in [-0.4, -0.2) is 52.9 Å². The standard InChI is InChI=1S/C20H29N3O3/c1-14(2)16-11-17(26-21-16)18(24)23-10-8-20(13-23)7-4-9-22(19(20)25)12-15-5-3-6-15/h11,14-15H,3-10,12-13H2,1-2H3. The highest BCUT2D eigenvalue weighted by molar-refractivity contribution is 5.93. The molecular formula is C20H29N3O3. The Hall–Kier alpha value is -1.85. The highest BCUT2D eigenvalue weighted by Crippen LogP contribution is 2.41. The average Bonchev–Trinajstić information content (AvgIpc) is 3.22. The number of hydrogen-bond acceptors (Lipinski definition) is 4. The molecule has 1 unspecified atom stereocenters. The fourth-order valence-electron chi connectivity index (χ4n) is 4.56. The summed E-state index contributed by atoms with van der Waals surface area (Å²) in [5, 5.41) is 3.99. The van der Waals surface area contributed by atoms with Crippen LogP contribution in [0.25, 0.3) is 0 Å². The van der Waals surface area contributed by atoms with E-state index in [2.05, 4.69) is 10.1 Å². The van der Waals surface area contributed by atoms with Crippen LogP contribution in [0, 0.1) is 11.3 Å². The maximum absolute atomic E-state index is 13.2. The number of likely N-dealkylation sites (tertiary alicyclic amines) is 2.